The molecule has 0 saturated carbocycles. The summed E-state index contributed by atoms with van der Waals surface area (Å²) in [4.78, 5) is 25.6. The molecule has 2 aromatic carbocycles. The first kappa shape index (κ1) is 24.9. The maximum atomic E-state index is 12.9. The highest BCUT2D eigenvalue weighted by Crippen LogP contribution is 2.19. The average molecular weight is 438 g/mol. The van der Waals surface area contributed by atoms with Gasteiger partial charge in [0.2, 0.25) is 0 Å². The average Bonchev–Trinajstić information content (AvgIpc) is 2.82. The molecule has 0 aliphatic rings. The van der Waals surface area contributed by atoms with Crippen LogP contribution in [0, 0.1) is 0 Å². The van der Waals surface area contributed by atoms with Crippen molar-refractivity contribution in [3.63, 3.8) is 0 Å². The lowest BCUT2D eigenvalue weighted by Crippen LogP contribution is -2.45. The largest absolute Gasteiger partial charge is 0.493 e. The predicted octanol–water partition coefficient (Wildman–Crippen LogP) is 4.47. The maximum Gasteiger partial charge on any atom is 0.331 e. The SMILES string of the molecule is C=CCCCCOc1ccccc1C(=O)NC(COCC=C)C(=O)OCc1ccccc1. The molecule has 1 amide bonds. The fraction of sp³-hybridized carbons (Fsp3) is 0.308. The Morgan fingerprint density at radius 1 is 0.969 bits per heavy atom. The Bertz CT molecular complexity index is 866. The normalized spacial score (nSPS) is 11.2. The third-order valence-corrected chi connectivity index (χ3v) is 4.53. The summed E-state index contributed by atoms with van der Waals surface area (Å²) in [6.07, 6.45) is 6.18. The molecule has 0 bridgehead atoms. The van der Waals surface area contributed by atoms with Gasteiger partial charge in [-0.1, -0.05) is 54.6 Å². The van der Waals surface area contributed by atoms with E-state index >= 15 is 0 Å². The highest BCUT2D eigenvalue weighted by Gasteiger charge is 2.24. The van der Waals surface area contributed by atoms with E-state index in [0.29, 0.717) is 17.9 Å². The van der Waals surface area contributed by atoms with Crippen LogP contribution in [-0.2, 0) is 20.9 Å². The summed E-state index contributed by atoms with van der Waals surface area (Å²) in [6, 6.07) is 15.3. The van der Waals surface area contributed by atoms with E-state index in [0.717, 1.165) is 24.8 Å². The minimum atomic E-state index is -0.966. The Morgan fingerprint density at radius 2 is 1.72 bits per heavy atom. The Labute approximate surface area is 189 Å². The van der Waals surface area contributed by atoms with Gasteiger partial charge in [-0.05, 0) is 37.0 Å². The zero-order valence-corrected chi connectivity index (χ0v) is 18.3. The standard InChI is InChI=1S/C26H31NO5/c1-3-5-6-12-18-31-24-16-11-10-15-22(24)25(28)27-23(20-30-17-4-2)26(29)32-19-21-13-8-7-9-14-21/h3-4,7-11,13-16,23H,1-2,5-6,12,17-20H2,(H,27,28). The van der Waals surface area contributed by atoms with Crippen LogP contribution in [0.3, 0.4) is 0 Å². The van der Waals surface area contributed by atoms with Gasteiger partial charge in [-0.2, -0.15) is 0 Å². The molecule has 1 unspecified atom stereocenters. The number of hydrogen-bond donors (Lipinski definition) is 1. The van der Waals surface area contributed by atoms with Crippen LogP contribution in [0.2, 0.25) is 0 Å². The van der Waals surface area contributed by atoms with Crippen LogP contribution in [0.15, 0.2) is 79.9 Å². The van der Waals surface area contributed by atoms with Crippen molar-refractivity contribution in [3.8, 4) is 5.75 Å². The molecular formula is C26H31NO5. The summed E-state index contributed by atoms with van der Waals surface area (Å²) < 4.78 is 16.6. The fourth-order valence-electron chi connectivity index (χ4n) is 2.86. The van der Waals surface area contributed by atoms with Crippen molar-refractivity contribution in [1.82, 2.24) is 5.32 Å². The van der Waals surface area contributed by atoms with E-state index in [-0.39, 0.29) is 19.8 Å². The number of para-hydroxylation sites is 1. The van der Waals surface area contributed by atoms with Crippen LogP contribution in [0.25, 0.3) is 0 Å². The molecule has 2 rings (SSSR count). The Kier molecular flexibility index (Phi) is 11.4. The number of nitrogens with one attached hydrogen (secondary N) is 1. The van der Waals surface area contributed by atoms with E-state index < -0.39 is 17.9 Å². The second-order valence-corrected chi connectivity index (χ2v) is 7.07. The number of rotatable bonds is 15. The Hall–Kier alpha value is -3.38. The summed E-state index contributed by atoms with van der Waals surface area (Å²) in [5, 5.41) is 2.71. The van der Waals surface area contributed by atoms with Crippen molar-refractivity contribution in [3.05, 3.63) is 91.0 Å². The summed E-state index contributed by atoms with van der Waals surface area (Å²) >= 11 is 0. The van der Waals surface area contributed by atoms with Crippen LogP contribution < -0.4 is 10.1 Å². The topological polar surface area (TPSA) is 73.9 Å². The second-order valence-electron chi connectivity index (χ2n) is 7.07. The lowest BCUT2D eigenvalue weighted by molar-refractivity contribution is -0.148. The zero-order valence-electron chi connectivity index (χ0n) is 18.3. The van der Waals surface area contributed by atoms with Crippen molar-refractivity contribution in [2.75, 3.05) is 19.8 Å². The molecule has 0 saturated heterocycles. The molecule has 170 valence electrons. The Balaban J connectivity index is 2.01. The zero-order chi connectivity index (χ0) is 23.0. The fourth-order valence-corrected chi connectivity index (χ4v) is 2.86. The van der Waals surface area contributed by atoms with Gasteiger partial charge >= 0.3 is 5.97 Å². The van der Waals surface area contributed by atoms with E-state index in [4.69, 9.17) is 14.2 Å². The van der Waals surface area contributed by atoms with Crippen LogP contribution in [0.5, 0.6) is 5.75 Å². The molecular weight excluding hydrogens is 406 g/mol. The third kappa shape index (κ3) is 8.78. The molecule has 0 aliphatic heterocycles. The van der Waals surface area contributed by atoms with Gasteiger partial charge in [0.25, 0.3) is 5.91 Å². The molecule has 0 spiro atoms. The minimum absolute atomic E-state index is 0.0318. The molecule has 0 heterocycles. The summed E-state index contributed by atoms with van der Waals surface area (Å²) in [6.45, 7) is 8.12. The lowest BCUT2D eigenvalue weighted by atomic mass is 10.1. The number of allylic oxidation sites excluding steroid dienone is 1. The summed E-state index contributed by atoms with van der Waals surface area (Å²) in [7, 11) is 0. The van der Waals surface area contributed by atoms with E-state index in [9.17, 15) is 9.59 Å². The monoisotopic (exact) mass is 437 g/mol. The predicted molar refractivity (Wildman–Crippen MR) is 124 cm³/mol. The van der Waals surface area contributed by atoms with Crippen LogP contribution in [-0.4, -0.2) is 37.7 Å². The van der Waals surface area contributed by atoms with Gasteiger partial charge in [0.05, 0.1) is 25.4 Å². The molecule has 1 atom stereocenters. The Morgan fingerprint density at radius 3 is 2.47 bits per heavy atom. The molecule has 0 radical (unpaired) electrons. The maximum absolute atomic E-state index is 12.9. The van der Waals surface area contributed by atoms with Gasteiger partial charge in [-0.15, -0.1) is 13.2 Å². The molecule has 2 aromatic rings. The molecule has 1 N–H and O–H groups in total. The van der Waals surface area contributed by atoms with Gasteiger partial charge in [0.15, 0.2) is 6.04 Å². The molecule has 0 fully saturated rings. The molecule has 6 nitrogen and oxygen atoms in total. The highest BCUT2D eigenvalue weighted by atomic mass is 16.5. The summed E-state index contributed by atoms with van der Waals surface area (Å²) in [5.74, 6) is -0.545. The van der Waals surface area contributed by atoms with Gasteiger partial charge in [-0.3, -0.25) is 4.79 Å². The number of hydrogen-bond acceptors (Lipinski definition) is 5. The van der Waals surface area contributed by atoms with Crippen molar-refractivity contribution in [1.29, 1.82) is 0 Å². The van der Waals surface area contributed by atoms with Crippen molar-refractivity contribution < 1.29 is 23.8 Å². The van der Waals surface area contributed by atoms with Gasteiger partial charge < -0.3 is 19.5 Å². The molecule has 6 heteroatoms. The first-order valence-electron chi connectivity index (χ1n) is 10.7. The number of benzene rings is 2. The first-order valence-corrected chi connectivity index (χ1v) is 10.7. The molecule has 32 heavy (non-hydrogen) atoms. The number of esters is 1. The molecule has 0 aliphatic carbocycles. The number of carbonyl (C=O) groups excluding carboxylic acids is 2. The lowest BCUT2D eigenvalue weighted by Gasteiger charge is -2.19. The van der Waals surface area contributed by atoms with Crippen LogP contribution in [0.4, 0.5) is 0 Å². The highest BCUT2D eigenvalue weighted by molar-refractivity contribution is 5.99. The van der Waals surface area contributed by atoms with E-state index in [2.05, 4.69) is 18.5 Å². The van der Waals surface area contributed by atoms with Crippen molar-refractivity contribution >= 4 is 11.9 Å². The smallest absolute Gasteiger partial charge is 0.331 e. The van der Waals surface area contributed by atoms with Gasteiger partial charge in [0.1, 0.15) is 12.4 Å². The molecule has 0 aromatic heterocycles. The van der Waals surface area contributed by atoms with Gasteiger partial charge in [0, 0.05) is 0 Å². The quantitative estimate of drug-likeness (QED) is 0.253. The van der Waals surface area contributed by atoms with Crippen molar-refractivity contribution in [2.24, 2.45) is 0 Å². The minimum Gasteiger partial charge on any atom is -0.493 e. The first-order chi connectivity index (χ1) is 15.7. The number of carbonyl (C=O) groups is 2. The van der Waals surface area contributed by atoms with Gasteiger partial charge in [-0.25, -0.2) is 4.79 Å². The van der Waals surface area contributed by atoms with Crippen LogP contribution >= 0.6 is 0 Å². The third-order valence-electron chi connectivity index (χ3n) is 4.53. The number of ether oxygens (including phenoxy) is 3. The number of amides is 1. The van der Waals surface area contributed by atoms with E-state index in [1.54, 1.807) is 30.3 Å². The summed E-state index contributed by atoms with van der Waals surface area (Å²) in [5.41, 5.74) is 1.20. The van der Waals surface area contributed by atoms with Crippen molar-refractivity contribution in [2.45, 2.75) is 31.9 Å². The van der Waals surface area contributed by atoms with E-state index in [1.165, 1.54) is 0 Å². The number of unbranched alkanes of at least 4 members (excludes halogenated alkanes) is 2. The van der Waals surface area contributed by atoms with Crippen LogP contribution in [0.1, 0.15) is 35.2 Å². The van der Waals surface area contributed by atoms with E-state index in [1.807, 2.05) is 36.4 Å². The second kappa shape index (κ2) is 14.6.